The molecule has 1 saturated heterocycles. The minimum atomic E-state index is -0.431. The van der Waals surface area contributed by atoms with E-state index in [-0.39, 0.29) is 29.2 Å². The number of carbonyl (C=O) groups excluding carboxylic acids is 1. The van der Waals surface area contributed by atoms with Crippen molar-refractivity contribution in [2.75, 3.05) is 25.2 Å². The summed E-state index contributed by atoms with van der Waals surface area (Å²) in [6.45, 7) is 0.297. The van der Waals surface area contributed by atoms with Gasteiger partial charge in [0.05, 0.1) is 18.0 Å². The lowest BCUT2D eigenvalue weighted by atomic mass is 10.1. The Labute approximate surface area is 191 Å². The highest BCUT2D eigenvalue weighted by Gasteiger charge is 2.43. The standard InChI is InChI=1S/C22H26N4O3S2/c1-3-4-10-22(24-25-22)11-12-29-21(28)17-14-31-20(26(17)2)16-9-13-30-19(23-16)15-7-5-6-8-18(15)27/h1,5-8,16-17,20,27H,4,9-14H2,2H3/t16?,17-,20+/m1/s1. The van der Waals surface area contributed by atoms with Gasteiger partial charge in [0.15, 0.2) is 5.66 Å². The van der Waals surface area contributed by atoms with Gasteiger partial charge in [-0.2, -0.15) is 10.2 Å². The van der Waals surface area contributed by atoms with Crippen LogP contribution in [0.5, 0.6) is 5.75 Å². The fourth-order valence-electron chi connectivity index (χ4n) is 3.84. The Morgan fingerprint density at radius 1 is 1.39 bits per heavy atom. The summed E-state index contributed by atoms with van der Waals surface area (Å²) < 4.78 is 5.56. The molecular formula is C22H26N4O3S2. The SMILES string of the molecule is C#CCCC1(CCOC(=O)[C@H]2CS[C@@H](C3CCSC(c4ccccc4O)=N3)N2C)N=N1. The van der Waals surface area contributed by atoms with Gasteiger partial charge in [0, 0.05) is 36.3 Å². The Morgan fingerprint density at radius 3 is 2.94 bits per heavy atom. The van der Waals surface area contributed by atoms with Crippen LogP contribution < -0.4 is 0 Å². The zero-order valence-corrected chi connectivity index (χ0v) is 19.1. The number of rotatable bonds is 8. The van der Waals surface area contributed by atoms with E-state index >= 15 is 0 Å². The number of esters is 1. The molecule has 1 N–H and O–H groups in total. The van der Waals surface area contributed by atoms with Crippen LogP contribution in [0, 0.1) is 12.3 Å². The highest BCUT2D eigenvalue weighted by atomic mass is 32.2. The van der Waals surface area contributed by atoms with Crippen LogP contribution in [0.25, 0.3) is 0 Å². The fourth-order valence-corrected chi connectivity index (χ4v) is 6.48. The Hall–Kier alpha value is -2.02. The predicted octanol–water partition coefficient (Wildman–Crippen LogP) is 3.53. The second-order valence-corrected chi connectivity index (χ2v) is 10.1. The molecule has 0 radical (unpaired) electrons. The summed E-state index contributed by atoms with van der Waals surface area (Å²) >= 11 is 3.41. The van der Waals surface area contributed by atoms with E-state index in [0.717, 1.165) is 22.8 Å². The largest absolute Gasteiger partial charge is 0.507 e. The molecule has 1 aromatic carbocycles. The molecule has 1 aromatic rings. The van der Waals surface area contributed by atoms with E-state index in [4.69, 9.17) is 16.2 Å². The number of aromatic hydroxyl groups is 1. The van der Waals surface area contributed by atoms with Crippen LogP contribution in [0.1, 0.15) is 31.2 Å². The monoisotopic (exact) mass is 458 g/mol. The molecule has 3 atom stereocenters. The smallest absolute Gasteiger partial charge is 0.324 e. The Balaban J connectivity index is 1.33. The second-order valence-electron chi connectivity index (χ2n) is 7.87. The summed E-state index contributed by atoms with van der Waals surface area (Å²) in [5.41, 5.74) is 0.341. The van der Waals surface area contributed by atoms with Gasteiger partial charge >= 0.3 is 5.97 Å². The quantitative estimate of drug-likeness (QED) is 0.474. The van der Waals surface area contributed by atoms with E-state index in [0.29, 0.717) is 31.6 Å². The first kappa shape index (κ1) is 22.2. The van der Waals surface area contributed by atoms with Crippen molar-refractivity contribution in [3.8, 4) is 18.1 Å². The van der Waals surface area contributed by atoms with Crippen LogP contribution >= 0.6 is 23.5 Å². The summed E-state index contributed by atoms with van der Waals surface area (Å²) in [6.07, 6.45) is 8.16. The van der Waals surface area contributed by atoms with Crippen LogP contribution in [0.2, 0.25) is 0 Å². The average molecular weight is 459 g/mol. The van der Waals surface area contributed by atoms with Crippen LogP contribution in [0.3, 0.4) is 0 Å². The van der Waals surface area contributed by atoms with Crippen molar-refractivity contribution in [2.24, 2.45) is 15.2 Å². The zero-order valence-electron chi connectivity index (χ0n) is 17.4. The minimum Gasteiger partial charge on any atom is -0.507 e. The maximum Gasteiger partial charge on any atom is 0.324 e. The van der Waals surface area contributed by atoms with Crippen molar-refractivity contribution in [3.05, 3.63) is 29.8 Å². The molecular weight excluding hydrogens is 432 g/mol. The van der Waals surface area contributed by atoms with Gasteiger partial charge in [-0.15, -0.1) is 35.9 Å². The molecule has 0 aliphatic carbocycles. The number of benzene rings is 1. The molecule has 3 aliphatic rings. The third kappa shape index (κ3) is 5.08. The highest BCUT2D eigenvalue weighted by Crippen LogP contribution is 2.38. The van der Waals surface area contributed by atoms with Crippen molar-refractivity contribution in [2.45, 2.75) is 48.8 Å². The normalized spacial score (nSPS) is 26.8. The summed E-state index contributed by atoms with van der Waals surface area (Å²) in [4.78, 5) is 19.7. The van der Waals surface area contributed by atoms with Crippen molar-refractivity contribution in [1.29, 1.82) is 0 Å². The van der Waals surface area contributed by atoms with E-state index < -0.39 is 5.66 Å². The third-order valence-electron chi connectivity index (χ3n) is 5.79. The molecule has 0 bridgehead atoms. The van der Waals surface area contributed by atoms with Gasteiger partial charge in [-0.3, -0.25) is 14.7 Å². The summed E-state index contributed by atoms with van der Waals surface area (Å²) in [5, 5.41) is 19.3. The van der Waals surface area contributed by atoms with Gasteiger partial charge < -0.3 is 9.84 Å². The molecule has 1 fully saturated rings. The molecule has 1 unspecified atom stereocenters. The number of terminal acetylenes is 1. The zero-order chi connectivity index (χ0) is 21.8. The van der Waals surface area contributed by atoms with Crippen molar-refractivity contribution < 1.29 is 14.6 Å². The highest BCUT2D eigenvalue weighted by molar-refractivity contribution is 8.14. The number of thioether (sulfide) groups is 2. The van der Waals surface area contributed by atoms with Crippen molar-refractivity contribution in [3.63, 3.8) is 0 Å². The topological polar surface area (TPSA) is 86.9 Å². The molecule has 4 rings (SSSR count). The molecule has 7 nitrogen and oxygen atoms in total. The second kappa shape index (κ2) is 9.63. The summed E-state index contributed by atoms with van der Waals surface area (Å²) in [6, 6.07) is 7.07. The lowest BCUT2D eigenvalue weighted by molar-refractivity contribution is -0.148. The molecule has 0 saturated carbocycles. The maximum absolute atomic E-state index is 12.7. The number of hydrogen-bond acceptors (Lipinski definition) is 9. The van der Waals surface area contributed by atoms with E-state index in [1.165, 1.54) is 0 Å². The van der Waals surface area contributed by atoms with Crippen molar-refractivity contribution in [1.82, 2.24) is 4.90 Å². The van der Waals surface area contributed by atoms with E-state index in [1.54, 1.807) is 29.6 Å². The van der Waals surface area contributed by atoms with E-state index in [2.05, 4.69) is 21.0 Å². The van der Waals surface area contributed by atoms with Gasteiger partial charge in [-0.05, 0) is 25.6 Å². The number of likely N-dealkylation sites (N-methyl/N-ethyl adjacent to an activating group) is 1. The van der Waals surface area contributed by atoms with Gasteiger partial charge in [0.2, 0.25) is 0 Å². The van der Waals surface area contributed by atoms with Gasteiger partial charge in [-0.25, -0.2) is 0 Å². The first-order valence-electron chi connectivity index (χ1n) is 10.4. The number of para-hydroxylation sites is 1. The number of phenols is 1. The molecule has 9 heteroatoms. The Kier molecular flexibility index (Phi) is 6.89. The molecule has 31 heavy (non-hydrogen) atoms. The fraction of sp³-hybridized carbons (Fsp3) is 0.545. The van der Waals surface area contributed by atoms with Gasteiger partial charge in [0.25, 0.3) is 0 Å². The molecule has 3 aliphatic heterocycles. The van der Waals surface area contributed by atoms with E-state index in [9.17, 15) is 9.90 Å². The number of hydrogen-bond donors (Lipinski definition) is 1. The number of nitrogens with zero attached hydrogens (tertiary/aromatic N) is 4. The minimum absolute atomic E-state index is 0.0692. The summed E-state index contributed by atoms with van der Waals surface area (Å²) in [7, 11) is 1.97. The number of phenolic OH excluding ortho intramolecular Hbond substituents is 1. The number of aliphatic imine (C=N–C) groups is 1. The third-order valence-corrected chi connectivity index (χ3v) is 8.32. The maximum atomic E-state index is 12.7. The van der Waals surface area contributed by atoms with Crippen molar-refractivity contribution >= 4 is 34.5 Å². The van der Waals surface area contributed by atoms with Crippen LogP contribution in [0.4, 0.5) is 0 Å². The van der Waals surface area contributed by atoms with Crippen LogP contribution in [-0.4, -0.2) is 69.3 Å². The Bertz CT molecular complexity index is 924. The summed E-state index contributed by atoms with van der Waals surface area (Å²) in [5.74, 6) is 4.26. The van der Waals surface area contributed by atoms with E-state index in [1.807, 2.05) is 25.2 Å². The van der Waals surface area contributed by atoms with Crippen LogP contribution in [0.15, 0.2) is 39.5 Å². The molecule has 164 valence electrons. The molecule has 0 amide bonds. The molecule has 3 heterocycles. The number of ether oxygens (including phenoxy) is 1. The molecule has 0 spiro atoms. The Morgan fingerprint density at radius 2 is 2.19 bits per heavy atom. The average Bonchev–Trinajstić information content (AvgIpc) is 3.44. The molecule has 0 aromatic heterocycles. The van der Waals surface area contributed by atoms with Gasteiger partial charge in [-0.1, -0.05) is 12.1 Å². The van der Waals surface area contributed by atoms with Gasteiger partial charge in [0.1, 0.15) is 16.8 Å². The lowest BCUT2D eigenvalue weighted by Gasteiger charge is -2.30. The van der Waals surface area contributed by atoms with Crippen LogP contribution in [-0.2, 0) is 9.53 Å². The first-order chi connectivity index (χ1) is 15.0. The predicted molar refractivity (Wildman–Crippen MR) is 125 cm³/mol. The number of carbonyl (C=O) groups is 1. The lowest BCUT2D eigenvalue weighted by Crippen LogP contribution is -2.44. The first-order valence-corrected chi connectivity index (χ1v) is 12.4.